The van der Waals surface area contributed by atoms with E-state index in [1.807, 2.05) is 6.07 Å². The van der Waals surface area contributed by atoms with E-state index in [1.54, 1.807) is 30.3 Å². The maximum atomic E-state index is 13.6. The van der Waals surface area contributed by atoms with Crippen LogP contribution in [0.5, 0.6) is 0 Å². The number of allylic oxidation sites excluding steroid dienone is 1. The van der Waals surface area contributed by atoms with E-state index in [-0.39, 0.29) is 16.2 Å². The Morgan fingerprint density at radius 2 is 1.53 bits per heavy atom. The minimum atomic E-state index is -0.798. The van der Waals surface area contributed by atoms with Crippen LogP contribution >= 0.6 is 11.6 Å². The number of halogens is 3. The molecule has 0 fully saturated rings. The average molecular weight is 276 g/mol. The average Bonchev–Trinajstić information content (AvgIpc) is 2.40. The van der Waals surface area contributed by atoms with E-state index in [2.05, 4.69) is 0 Å². The lowest BCUT2D eigenvalue weighted by Crippen LogP contribution is -1.94. The Kier molecular flexibility index (Phi) is 3.94. The van der Waals surface area contributed by atoms with E-state index in [4.69, 9.17) is 16.9 Å². The third-order valence-corrected chi connectivity index (χ3v) is 2.95. The van der Waals surface area contributed by atoms with Crippen LogP contribution in [0.25, 0.3) is 10.6 Å². The molecular weight excluding hydrogens is 268 g/mol. The largest absolute Gasteiger partial charge is 0.206 e. The maximum Gasteiger partial charge on any atom is 0.134 e. The highest BCUT2D eigenvalue weighted by Crippen LogP contribution is 2.32. The van der Waals surface area contributed by atoms with E-state index < -0.39 is 11.6 Å². The molecule has 19 heavy (non-hydrogen) atoms. The van der Waals surface area contributed by atoms with Crippen molar-refractivity contribution < 1.29 is 8.78 Å². The van der Waals surface area contributed by atoms with Crippen LogP contribution < -0.4 is 0 Å². The van der Waals surface area contributed by atoms with Crippen molar-refractivity contribution in [2.75, 3.05) is 0 Å². The molecule has 94 valence electrons. The molecule has 0 saturated carbocycles. The second-order valence-corrected chi connectivity index (χ2v) is 4.14. The van der Waals surface area contributed by atoms with Gasteiger partial charge >= 0.3 is 0 Å². The molecule has 0 saturated heterocycles. The van der Waals surface area contributed by atoms with Crippen molar-refractivity contribution in [3.05, 3.63) is 71.3 Å². The first-order chi connectivity index (χ1) is 9.15. The van der Waals surface area contributed by atoms with Crippen molar-refractivity contribution in [2.45, 2.75) is 0 Å². The summed E-state index contributed by atoms with van der Waals surface area (Å²) >= 11 is 5.99. The van der Waals surface area contributed by atoms with E-state index in [9.17, 15) is 8.78 Å². The molecule has 2 aromatic carbocycles. The first kappa shape index (κ1) is 13.3. The summed E-state index contributed by atoms with van der Waals surface area (Å²) in [7, 11) is 0. The van der Waals surface area contributed by atoms with E-state index in [1.165, 1.54) is 6.07 Å². The van der Waals surface area contributed by atoms with Gasteiger partial charge in [-0.1, -0.05) is 48.0 Å². The van der Waals surface area contributed by atoms with Crippen molar-refractivity contribution in [2.24, 2.45) is 0 Å². The molecule has 0 unspecified atom stereocenters. The molecule has 0 bridgehead atoms. The minimum Gasteiger partial charge on any atom is -0.206 e. The summed E-state index contributed by atoms with van der Waals surface area (Å²) in [5.74, 6) is -1.60. The standard InChI is InChI=1S/C15H8ClF2N/c16-15(14-12(17)7-4-8-13(14)18)11(9-19)10-5-2-1-3-6-10/h1-8H. The van der Waals surface area contributed by atoms with E-state index >= 15 is 0 Å². The summed E-state index contributed by atoms with van der Waals surface area (Å²) in [6.45, 7) is 0. The molecule has 0 radical (unpaired) electrons. The van der Waals surface area contributed by atoms with Crippen LogP contribution in [0, 0.1) is 23.0 Å². The first-order valence-corrected chi connectivity index (χ1v) is 5.82. The predicted octanol–water partition coefficient (Wildman–Crippen LogP) is 4.60. The summed E-state index contributed by atoms with van der Waals surface area (Å²) in [4.78, 5) is 0. The Labute approximate surface area is 114 Å². The van der Waals surface area contributed by atoms with Crippen LogP contribution in [0.2, 0.25) is 0 Å². The van der Waals surface area contributed by atoms with Gasteiger partial charge in [-0.3, -0.25) is 0 Å². The molecule has 0 aliphatic rings. The summed E-state index contributed by atoms with van der Waals surface area (Å²) in [5.41, 5.74) is 0.161. The molecule has 0 aliphatic carbocycles. The molecule has 0 heterocycles. The lowest BCUT2D eigenvalue weighted by atomic mass is 10.0. The number of nitriles is 1. The number of benzene rings is 2. The smallest absolute Gasteiger partial charge is 0.134 e. The number of hydrogen-bond acceptors (Lipinski definition) is 1. The predicted molar refractivity (Wildman–Crippen MR) is 71.1 cm³/mol. The monoisotopic (exact) mass is 275 g/mol. The summed E-state index contributed by atoms with van der Waals surface area (Å²) < 4.78 is 27.3. The van der Waals surface area contributed by atoms with Gasteiger partial charge < -0.3 is 0 Å². The van der Waals surface area contributed by atoms with Crippen LogP contribution in [0.1, 0.15) is 11.1 Å². The molecule has 0 aliphatic heterocycles. The zero-order valence-electron chi connectivity index (χ0n) is 9.70. The Hall–Kier alpha value is -2.18. The van der Waals surface area contributed by atoms with Gasteiger partial charge in [0.2, 0.25) is 0 Å². The fraction of sp³-hybridized carbons (Fsp3) is 0. The zero-order chi connectivity index (χ0) is 13.8. The van der Waals surface area contributed by atoms with Gasteiger partial charge in [-0.2, -0.15) is 5.26 Å². The fourth-order valence-electron chi connectivity index (χ4n) is 1.68. The Morgan fingerprint density at radius 1 is 0.947 bits per heavy atom. The van der Waals surface area contributed by atoms with Crippen molar-refractivity contribution in [3.8, 4) is 6.07 Å². The van der Waals surface area contributed by atoms with Crippen LogP contribution in [-0.2, 0) is 0 Å². The topological polar surface area (TPSA) is 23.8 Å². The van der Waals surface area contributed by atoms with Crippen molar-refractivity contribution >= 4 is 22.2 Å². The number of rotatable bonds is 2. The SMILES string of the molecule is N#CC(=C(Cl)c1c(F)cccc1F)c1ccccc1. The second-order valence-electron chi connectivity index (χ2n) is 3.76. The second kappa shape index (κ2) is 5.64. The summed E-state index contributed by atoms with van der Waals surface area (Å²) in [5, 5.41) is 8.92. The highest BCUT2D eigenvalue weighted by molar-refractivity contribution is 6.53. The minimum absolute atomic E-state index is 0.0336. The third-order valence-electron chi connectivity index (χ3n) is 2.58. The normalized spacial score (nSPS) is 11.7. The van der Waals surface area contributed by atoms with Gasteiger partial charge in [0.05, 0.1) is 16.2 Å². The van der Waals surface area contributed by atoms with Crippen LogP contribution in [-0.4, -0.2) is 0 Å². The molecule has 2 aromatic rings. The molecule has 0 aromatic heterocycles. The van der Waals surface area contributed by atoms with Gasteiger partial charge in [0.1, 0.15) is 17.7 Å². The highest BCUT2D eigenvalue weighted by Gasteiger charge is 2.17. The lowest BCUT2D eigenvalue weighted by Gasteiger charge is -2.06. The molecule has 0 atom stereocenters. The number of nitrogens with zero attached hydrogens (tertiary/aromatic N) is 1. The molecule has 1 nitrogen and oxygen atoms in total. The van der Waals surface area contributed by atoms with Crippen molar-refractivity contribution in [1.82, 2.24) is 0 Å². The fourth-order valence-corrected chi connectivity index (χ4v) is 2.01. The molecule has 4 heteroatoms. The molecule has 0 N–H and O–H groups in total. The Morgan fingerprint density at radius 3 is 2.05 bits per heavy atom. The summed E-state index contributed by atoms with van der Waals surface area (Å²) in [6, 6.07) is 13.8. The van der Waals surface area contributed by atoms with Crippen molar-refractivity contribution in [1.29, 1.82) is 5.26 Å². The van der Waals surface area contributed by atoms with Crippen LogP contribution in [0.4, 0.5) is 8.78 Å². The Bertz CT molecular complexity index is 652. The molecular formula is C15H8ClF2N. The van der Waals surface area contributed by atoms with Gasteiger partial charge in [-0.15, -0.1) is 0 Å². The maximum absolute atomic E-state index is 13.6. The van der Waals surface area contributed by atoms with Crippen LogP contribution in [0.3, 0.4) is 0 Å². The Balaban J connectivity index is 2.67. The first-order valence-electron chi connectivity index (χ1n) is 5.45. The van der Waals surface area contributed by atoms with Gasteiger partial charge in [0.15, 0.2) is 0 Å². The highest BCUT2D eigenvalue weighted by atomic mass is 35.5. The van der Waals surface area contributed by atoms with Crippen LogP contribution in [0.15, 0.2) is 48.5 Å². The van der Waals surface area contributed by atoms with Gasteiger partial charge in [-0.25, -0.2) is 8.78 Å². The van der Waals surface area contributed by atoms with Crippen molar-refractivity contribution in [3.63, 3.8) is 0 Å². The molecule has 0 amide bonds. The van der Waals surface area contributed by atoms with Gasteiger partial charge in [-0.05, 0) is 17.7 Å². The molecule has 2 rings (SSSR count). The summed E-state index contributed by atoms with van der Waals surface area (Å²) in [6.07, 6.45) is 0. The van der Waals surface area contributed by atoms with E-state index in [0.717, 1.165) is 12.1 Å². The number of hydrogen-bond donors (Lipinski definition) is 0. The quantitative estimate of drug-likeness (QED) is 0.581. The van der Waals surface area contributed by atoms with E-state index in [0.29, 0.717) is 5.56 Å². The van der Waals surface area contributed by atoms with Gasteiger partial charge in [0.25, 0.3) is 0 Å². The third kappa shape index (κ3) is 2.64. The zero-order valence-corrected chi connectivity index (χ0v) is 10.5. The van der Waals surface area contributed by atoms with Gasteiger partial charge in [0, 0.05) is 0 Å². The lowest BCUT2D eigenvalue weighted by molar-refractivity contribution is 0.578. The molecule has 0 spiro atoms.